The van der Waals surface area contributed by atoms with Crippen molar-refractivity contribution >= 4 is 46.4 Å². The molecule has 3 aromatic carbocycles. The monoisotopic (exact) mass is 463 g/mol. The molecule has 0 aromatic heterocycles. The van der Waals surface area contributed by atoms with Gasteiger partial charge in [-0.15, -0.1) is 0 Å². The van der Waals surface area contributed by atoms with E-state index in [1.807, 2.05) is 19.1 Å². The van der Waals surface area contributed by atoms with Gasteiger partial charge in [-0.2, -0.15) is 0 Å². The Labute approximate surface area is 196 Å². The van der Waals surface area contributed by atoms with E-state index >= 15 is 0 Å². The van der Waals surface area contributed by atoms with Gasteiger partial charge in [-0.1, -0.05) is 41.4 Å². The number of fused-ring (bicyclic) bond motifs is 1. The summed E-state index contributed by atoms with van der Waals surface area (Å²) in [5, 5.41) is 6.06. The summed E-state index contributed by atoms with van der Waals surface area (Å²) in [6.07, 6.45) is -0.223. The Morgan fingerprint density at radius 3 is 2.45 bits per heavy atom. The molecular formula is C25H22ClN3O4. The highest BCUT2D eigenvalue weighted by molar-refractivity contribution is 6.30. The van der Waals surface area contributed by atoms with Crippen LogP contribution < -0.4 is 20.3 Å². The molecule has 7 nitrogen and oxygen atoms in total. The first-order valence-corrected chi connectivity index (χ1v) is 10.8. The molecule has 2 N–H and O–H groups in total. The minimum atomic E-state index is -1.03. The van der Waals surface area contributed by atoms with Gasteiger partial charge in [0.1, 0.15) is 11.8 Å². The van der Waals surface area contributed by atoms with E-state index < -0.39 is 23.8 Å². The molecule has 0 fully saturated rings. The van der Waals surface area contributed by atoms with Crippen LogP contribution in [-0.4, -0.2) is 30.4 Å². The second kappa shape index (κ2) is 9.75. The van der Waals surface area contributed by atoms with E-state index in [9.17, 15) is 14.4 Å². The number of nitrogens with zero attached hydrogens (tertiary/aromatic N) is 1. The van der Waals surface area contributed by atoms with Crippen LogP contribution in [0.2, 0.25) is 5.02 Å². The Kier molecular flexibility index (Phi) is 6.60. The van der Waals surface area contributed by atoms with Gasteiger partial charge in [0.05, 0.1) is 17.8 Å². The van der Waals surface area contributed by atoms with E-state index in [0.717, 1.165) is 5.56 Å². The number of rotatable bonds is 6. The Balaban J connectivity index is 1.53. The topological polar surface area (TPSA) is 87.7 Å². The van der Waals surface area contributed by atoms with Crippen molar-refractivity contribution in [1.82, 2.24) is 0 Å². The van der Waals surface area contributed by atoms with E-state index in [4.69, 9.17) is 16.3 Å². The number of halogens is 1. The number of anilines is 3. The van der Waals surface area contributed by atoms with E-state index in [0.29, 0.717) is 27.8 Å². The maximum atomic E-state index is 13.2. The molecule has 1 atom stereocenters. The highest BCUT2D eigenvalue weighted by Gasteiger charge is 2.38. The Bertz CT molecular complexity index is 1180. The predicted octanol–water partition coefficient (Wildman–Crippen LogP) is 4.41. The van der Waals surface area contributed by atoms with Crippen LogP contribution in [0.4, 0.5) is 17.1 Å². The SMILES string of the molecule is Cc1ccc(OCC(=O)N2c3ccccc3NC(=O)C2CC(=O)Nc2ccc(Cl)cc2)cc1. The van der Waals surface area contributed by atoms with Gasteiger partial charge < -0.3 is 15.4 Å². The van der Waals surface area contributed by atoms with E-state index in [1.54, 1.807) is 60.7 Å². The first-order valence-electron chi connectivity index (χ1n) is 10.4. The van der Waals surface area contributed by atoms with Crippen molar-refractivity contribution < 1.29 is 19.1 Å². The van der Waals surface area contributed by atoms with Crippen LogP contribution in [0.1, 0.15) is 12.0 Å². The Morgan fingerprint density at radius 2 is 1.73 bits per heavy atom. The zero-order valence-corrected chi connectivity index (χ0v) is 18.6. The first kappa shape index (κ1) is 22.4. The number of para-hydroxylation sites is 2. The third-order valence-electron chi connectivity index (χ3n) is 5.19. The zero-order chi connectivity index (χ0) is 23.4. The van der Waals surface area contributed by atoms with Crippen molar-refractivity contribution in [3.8, 4) is 5.75 Å². The lowest BCUT2D eigenvalue weighted by Crippen LogP contribution is -2.53. The smallest absolute Gasteiger partial charge is 0.265 e. The molecule has 8 heteroatoms. The lowest BCUT2D eigenvalue weighted by Gasteiger charge is -2.36. The minimum absolute atomic E-state index is 0.223. The highest BCUT2D eigenvalue weighted by Crippen LogP contribution is 2.33. The normalized spacial score (nSPS) is 14.8. The van der Waals surface area contributed by atoms with Crippen LogP contribution in [0.25, 0.3) is 0 Å². The summed E-state index contributed by atoms with van der Waals surface area (Å²) >= 11 is 5.88. The predicted molar refractivity (Wildman–Crippen MR) is 128 cm³/mol. The molecule has 3 amide bonds. The van der Waals surface area contributed by atoms with E-state index in [-0.39, 0.29) is 13.0 Å². The summed E-state index contributed by atoms with van der Waals surface area (Å²) in [4.78, 5) is 40.1. The van der Waals surface area contributed by atoms with Gasteiger partial charge in [-0.3, -0.25) is 19.3 Å². The Morgan fingerprint density at radius 1 is 1.03 bits per heavy atom. The fourth-order valence-electron chi connectivity index (χ4n) is 3.55. The maximum absolute atomic E-state index is 13.2. The largest absolute Gasteiger partial charge is 0.484 e. The number of hydrogen-bond acceptors (Lipinski definition) is 4. The molecule has 33 heavy (non-hydrogen) atoms. The number of aryl methyl sites for hydroxylation is 1. The molecule has 0 saturated heterocycles. The quantitative estimate of drug-likeness (QED) is 0.566. The number of hydrogen-bond donors (Lipinski definition) is 2. The lowest BCUT2D eigenvalue weighted by atomic mass is 10.0. The minimum Gasteiger partial charge on any atom is -0.484 e. The lowest BCUT2D eigenvalue weighted by molar-refractivity contribution is -0.127. The van der Waals surface area contributed by atoms with Crippen molar-refractivity contribution in [2.45, 2.75) is 19.4 Å². The van der Waals surface area contributed by atoms with Crippen LogP contribution in [0.15, 0.2) is 72.8 Å². The summed E-state index contributed by atoms with van der Waals surface area (Å²) < 4.78 is 5.65. The highest BCUT2D eigenvalue weighted by atomic mass is 35.5. The molecule has 0 spiro atoms. The molecular weight excluding hydrogens is 442 g/mol. The van der Waals surface area contributed by atoms with E-state index in [2.05, 4.69) is 10.6 Å². The standard InChI is InChI=1S/C25H22ClN3O4/c1-16-6-12-19(13-7-16)33-15-24(31)29-21-5-3-2-4-20(21)28-25(32)22(29)14-23(30)27-18-10-8-17(26)9-11-18/h2-13,22H,14-15H2,1H3,(H,27,30)(H,28,32). The van der Waals surface area contributed by atoms with Crippen LogP contribution in [0.5, 0.6) is 5.75 Å². The second-order valence-electron chi connectivity index (χ2n) is 7.65. The Hall–Kier alpha value is -3.84. The number of nitrogens with one attached hydrogen (secondary N) is 2. The van der Waals surface area contributed by atoms with Crippen LogP contribution in [0, 0.1) is 6.92 Å². The average Bonchev–Trinajstić information content (AvgIpc) is 2.80. The number of benzene rings is 3. The molecule has 1 aliphatic heterocycles. The van der Waals surface area contributed by atoms with Crippen molar-refractivity contribution in [3.05, 3.63) is 83.4 Å². The van der Waals surface area contributed by atoms with Gasteiger partial charge in [0.2, 0.25) is 11.8 Å². The molecule has 0 aliphatic carbocycles. The summed E-state index contributed by atoms with van der Waals surface area (Å²) in [6.45, 7) is 1.68. The van der Waals surface area contributed by atoms with Crippen molar-refractivity contribution in [2.75, 3.05) is 22.1 Å². The third kappa shape index (κ3) is 5.32. The molecule has 3 aromatic rings. The van der Waals surface area contributed by atoms with Gasteiger partial charge >= 0.3 is 0 Å². The fourth-order valence-corrected chi connectivity index (χ4v) is 3.68. The van der Waals surface area contributed by atoms with Gasteiger partial charge in [0.25, 0.3) is 5.91 Å². The summed E-state index contributed by atoms with van der Waals surface area (Å²) in [5.41, 5.74) is 2.63. The average molecular weight is 464 g/mol. The molecule has 0 radical (unpaired) electrons. The third-order valence-corrected chi connectivity index (χ3v) is 5.45. The molecule has 0 bridgehead atoms. The molecule has 168 valence electrons. The summed E-state index contributed by atoms with van der Waals surface area (Å²) in [6, 6.07) is 19.9. The van der Waals surface area contributed by atoms with Crippen LogP contribution in [0.3, 0.4) is 0 Å². The van der Waals surface area contributed by atoms with Crippen molar-refractivity contribution in [2.24, 2.45) is 0 Å². The number of amides is 3. The van der Waals surface area contributed by atoms with Crippen molar-refractivity contribution in [3.63, 3.8) is 0 Å². The molecule has 4 rings (SSSR count). The first-order chi connectivity index (χ1) is 15.9. The van der Waals surface area contributed by atoms with Crippen LogP contribution >= 0.6 is 11.6 Å². The van der Waals surface area contributed by atoms with Gasteiger partial charge in [0, 0.05) is 10.7 Å². The molecule has 1 aliphatic rings. The van der Waals surface area contributed by atoms with Crippen LogP contribution in [-0.2, 0) is 14.4 Å². The summed E-state index contributed by atoms with van der Waals surface area (Å²) in [5.74, 6) is -0.736. The van der Waals surface area contributed by atoms with Gasteiger partial charge in [0.15, 0.2) is 6.61 Å². The molecule has 1 unspecified atom stereocenters. The number of carbonyl (C=O) groups is 3. The summed E-state index contributed by atoms with van der Waals surface area (Å²) in [7, 11) is 0. The fraction of sp³-hybridized carbons (Fsp3) is 0.160. The molecule has 1 heterocycles. The maximum Gasteiger partial charge on any atom is 0.265 e. The zero-order valence-electron chi connectivity index (χ0n) is 17.9. The number of carbonyl (C=O) groups excluding carboxylic acids is 3. The number of ether oxygens (including phenoxy) is 1. The second-order valence-corrected chi connectivity index (χ2v) is 8.08. The van der Waals surface area contributed by atoms with Gasteiger partial charge in [-0.05, 0) is 55.5 Å². The molecule has 0 saturated carbocycles. The van der Waals surface area contributed by atoms with Gasteiger partial charge in [-0.25, -0.2) is 0 Å². The van der Waals surface area contributed by atoms with Crippen molar-refractivity contribution in [1.29, 1.82) is 0 Å². The van der Waals surface area contributed by atoms with E-state index in [1.165, 1.54) is 4.90 Å².